The van der Waals surface area contributed by atoms with Gasteiger partial charge >= 0.3 is 0 Å². The molecule has 1 heterocycles. The Morgan fingerprint density at radius 2 is 1.72 bits per heavy atom. The zero-order chi connectivity index (χ0) is 19.6. The number of ether oxygens (including phenoxy) is 3. The third-order valence-electron chi connectivity index (χ3n) is 5.32. The number of aliphatic hydroxyl groups excluding tert-OH is 1. The summed E-state index contributed by atoms with van der Waals surface area (Å²) in [6.07, 6.45) is -0.969. The van der Waals surface area contributed by atoms with Crippen molar-refractivity contribution in [3.05, 3.63) is 0 Å². The summed E-state index contributed by atoms with van der Waals surface area (Å²) >= 11 is 0. The highest BCUT2D eigenvalue weighted by atomic mass is 28.4. The van der Waals surface area contributed by atoms with Crippen LogP contribution >= 0.6 is 0 Å². The van der Waals surface area contributed by atoms with E-state index in [1.54, 1.807) is 7.11 Å². The maximum Gasteiger partial charge on any atom is 0.192 e. The third-order valence-corrected chi connectivity index (χ3v) is 9.82. The second kappa shape index (κ2) is 8.36. The summed E-state index contributed by atoms with van der Waals surface area (Å²) in [5.74, 6) is -0.328. The van der Waals surface area contributed by atoms with Crippen LogP contribution in [0.4, 0.5) is 0 Å². The number of hydrogen-bond donors (Lipinski definition) is 1. The Bertz CT molecular complexity index is 417. The minimum Gasteiger partial charge on any atom is -0.414 e. The number of methoxy groups -OCH3 is 1. The first-order valence-electron chi connectivity index (χ1n) is 9.40. The maximum atomic E-state index is 10.6. The Balaban J connectivity index is 2.88. The van der Waals surface area contributed by atoms with Crippen LogP contribution in [-0.2, 0) is 18.6 Å². The van der Waals surface area contributed by atoms with Gasteiger partial charge in [-0.2, -0.15) is 0 Å². The first kappa shape index (κ1) is 23.1. The van der Waals surface area contributed by atoms with Crippen molar-refractivity contribution in [1.82, 2.24) is 0 Å². The molecule has 0 amide bonds. The Morgan fingerprint density at radius 3 is 2.16 bits per heavy atom. The molecule has 0 radical (unpaired) electrons. The van der Waals surface area contributed by atoms with E-state index < -0.39 is 26.3 Å². The second-order valence-corrected chi connectivity index (χ2v) is 14.4. The number of aliphatic hydroxyl groups is 1. The van der Waals surface area contributed by atoms with Gasteiger partial charge < -0.3 is 23.7 Å². The first-order chi connectivity index (χ1) is 11.2. The van der Waals surface area contributed by atoms with Crippen LogP contribution in [0.15, 0.2) is 0 Å². The van der Waals surface area contributed by atoms with Crippen molar-refractivity contribution in [2.24, 2.45) is 5.92 Å². The SMILES string of the molecule is CO[C@H]([C@H]1OC(C)(C)O[C@H]1CO[Si](C)(C)C(C)(C)C)[C@H](O)CC(C)C. The van der Waals surface area contributed by atoms with Crippen LogP contribution < -0.4 is 0 Å². The van der Waals surface area contributed by atoms with E-state index >= 15 is 0 Å². The van der Waals surface area contributed by atoms with E-state index in [-0.39, 0.29) is 17.2 Å². The minimum atomic E-state index is -1.89. The largest absolute Gasteiger partial charge is 0.414 e. The van der Waals surface area contributed by atoms with Gasteiger partial charge in [0.25, 0.3) is 0 Å². The lowest BCUT2D eigenvalue weighted by molar-refractivity contribution is -0.167. The summed E-state index contributed by atoms with van der Waals surface area (Å²) in [5.41, 5.74) is 0. The summed E-state index contributed by atoms with van der Waals surface area (Å²) < 4.78 is 24.2. The summed E-state index contributed by atoms with van der Waals surface area (Å²) in [5, 5.41) is 10.7. The Labute approximate surface area is 155 Å². The summed E-state index contributed by atoms with van der Waals surface area (Å²) in [6, 6.07) is 0. The van der Waals surface area contributed by atoms with E-state index in [0.717, 1.165) is 0 Å². The molecule has 0 unspecified atom stereocenters. The van der Waals surface area contributed by atoms with Crippen molar-refractivity contribution in [3.63, 3.8) is 0 Å². The van der Waals surface area contributed by atoms with Crippen LogP contribution in [0, 0.1) is 5.92 Å². The molecule has 0 aromatic heterocycles. The first-order valence-corrected chi connectivity index (χ1v) is 12.3. The zero-order valence-corrected chi connectivity index (χ0v) is 18.9. The molecule has 5 nitrogen and oxygen atoms in total. The van der Waals surface area contributed by atoms with Gasteiger partial charge in [-0.1, -0.05) is 34.6 Å². The monoisotopic (exact) mass is 376 g/mol. The van der Waals surface area contributed by atoms with Crippen LogP contribution in [-0.4, -0.2) is 57.3 Å². The zero-order valence-electron chi connectivity index (χ0n) is 17.9. The van der Waals surface area contributed by atoms with Crippen LogP contribution in [0.5, 0.6) is 0 Å². The quantitative estimate of drug-likeness (QED) is 0.650. The van der Waals surface area contributed by atoms with Crippen molar-refractivity contribution < 1.29 is 23.7 Å². The number of rotatable bonds is 8. The topological polar surface area (TPSA) is 57.2 Å². The molecule has 1 N–H and O–H groups in total. The van der Waals surface area contributed by atoms with Crippen molar-refractivity contribution >= 4 is 8.32 Å². The van der Waals surface area contributed by atoms with E-state index in [1.807, 2.05) is 13.8 Å². The van der Waals surface area contributed by atoms with Crippen LogP contribution in [0.2, 0.25) is 18.1 Å². The average molecular weight is 377 g/mol. The van der Waals surface area contributed by atoms with Gasteiger partial charge in [-0.15, -0.1) is 0 Å². The van der Waals surface area contributed by atoms with Gasteiger partial charge in [0, 0.05) is 7.11 Å². The molecule has 4 atom stereocenters. The van der Waals surface area contributed by atoms with E-state index in [1.165, 1.54) is 0 Å². The highest BCUT2D eigenvalue weighted by Gasteiger charge is 2.48. The average Bonchev–Trinajstić information content (AvgIpc) is 2.70. The normalized spacial score (nSPS) is 26.9. The lowest BCUT2D eigenvalue weighted by Gasteiger charge is -2.37. The molecule has 1 saturated heterocycles. The van der Waals surface area contributed by atoms with Crippen LogP contribution in [0.1, 0.15) is 54.9 Å². The molecule has 0 aromatic carbocycles. The third kappa shape index (κ3) is 6.29. The Morgan fingerprint density at radius 1 is 1.16 bits per heavy atom. The summed E-state index contributed by atoms with van der Waals surface area (Å²) in [7, 11) is -0.266. The highest BCUT2D eigenvalue weighted by Crippen LogP contribution is 2.38. The van der Waals surface area contributed by atoms with Crippen molar-refractivity contribution in [3.8, 4) is 0 Å². The van der Waals surface area contributed by atoms with Gasteiger partial charge in [0.1, 0.15) is 18.3 Å². The van der Waals surface area contributed by atoms with Crippen molar-refractivity contribution in [2.75, 3.05) is 13.7 Å². The molecule has 1 aliphatic rings. The number of hydrogen-bond acceptors (Lipinski definition) is 5. The van der Waals surface area contributed by atoms with Gasteiger partial charge in [0.2, 0.25) is 0 Å². The molecule has 1 rings (SSSR count). The molecular formula is C19H40O5Si. The van der Waals surface area contributed by atoms with E-state index in [4.69, 9.17) is 18.6 Å². The van der Waals surface area contributed by atoms with E-state index in [2.05, 4.69) is 47.7 Å². The standard InChI is InChI=1S/C19H40O5Si/c1-13(2)11-14(20)16(21-8)17-15(23-19(6,7)24-17)12-22-25(9,10)18(3,4)5/h13-17,20H,11-12H2,1-10H3/t14-,15+,16+,17+/m1/s1. The fraction of sp³-hybridized carbons (Fsp3) is 1.00. The van der Waals surface area contributed by atoms with Gasteiger partial charge in [-0.05, 0) is 44.3 Å². The molecule has 0 aromatic rings. The minimum absolute atomic E-state index is 0.134. The maximum absolute atomic E-state index is 10.6. The van der Waals surface area contributed by atoms with Crippen LogP contribution in [0.25, 0.3) is 0 Å². The molecule has 150 valence electrons. The van der Waals surface area contributed by atoms with Gasteiger partial charge in [0.05, 0.1) is 12.7 Å². The molecule has 0 aliphatic carbocycles. The summed E-state index contributed by atoms with van der Waals surface area (Å²) in [6.45, 7) is 19.5. The van der Waals surface area contributed by atoms with Crippen molar-refractivity contribution in [1.29, 1.82) is 0 Å². The molecule has 0 saturated carbocycles. The fourth-order valence-electron chi connectivity index (χ4n) is 2.90. The van der Waals surface area contributed by atoms with E-state index in [0.29, 0.717) is 18.9 Å². The molecule has 1 fully saturated rings. The Hall–Kier alpha value is 0.0169. The van der Waals surface area contributed by atoms with Gasteiger partial charge in [0.15, 0.2) is 14.1 Å². The molecule has 0 spiro atoms. The summed E-state index contributed by atoms with van der Waals surface area (Å²) in [4.78, 5) is 0. The molecule has 1 aliphatic heterocycles. The fourth-order valence-corrected chi connectivity index (χ4v) is 3.92. The molecule has 25 heavy (non-hydrogen) atoms. The lowest BCUT2D eigenvalue weighted by atomic mass is 9.96. The van der Waals surface area contributed by atoms with Gasteiger partial charge in [-0.3, -0.25) is 0 Å². The van der Waals surface area contributed by atoms with Crippen LogP contribution in [0.3, 0.4) is 0 Å². The lowest BCUT2D eigenvalue weighted by Crippen LogP contribution is -2.49. The predicted octanol–water partition coefficient (Wildman–Crippen LogP) is 3.95. The van der Waals surface area contributed by atoms with Crippen molar-refractivity contribution in [2.45, 2.75) is 103 Å². The van der Waals surface area contributed by atoms with Gasteiger partial charge in [-0.25, -0.2) is 0 Å². The second-order valence-electron chi connectivity index (χ2n) is 9.61. The smallest absolute Gasteiger partial charge is 0.192 e. The molecule has 6 heteroatoms. The van der Waals surface area contributed by atoms with E-state index in [9.17, 15) is 5.11 Å². The molecule has 0 bridgehead atoms. The highest BCUT2D eigenvalue weighted by molar-refractivity contribution is 6.74. The predicted molar refractivity (Wildman–Crippen MR) is 103 cm³/mol. The molecular weight excluding hydrogens is 336 g/mol. The Kier molecular flexibility index (Phi) is 7.71.